The lowest BCUT2D eigenvalue weighted by molar-refractivity contribution is -0.142. The molecule has 1 amide bonds. The van der Waals surface area contributed by atoms with Crippen molar-refractivity contribution < 1.29 is 14.7 Å². The van der Waals surface area contributed by atoms with Crippen LogP contribution >= 0.6 is 23.2 Å². The third-order valence-electron chi connectivity index (χ3n) is 2.90. The number of hydrogen-bond donors (Lipinski definition) is 2. The number of carbonyl (C=O) groups excluding carboxylic acids is 1. The van der Waals surface area contributed by atoms with E-state index < -0.39 is 12.0 Å². The molecule has 1 saturated heterocycles. The van der Waals surface area contributed by atoms with Gasteiger partial charge in [0.1, 0.15) is 6.04 Å². The molecule has 0 aromatic heterocycles. The fourth-order valence-electron chi connectivity index (χ4n) is 2.01. The smallest absolute Gasteiger partial charge is 0.327 e. The molecule has 1 aromatic carbocycles. The normalized spacial score (nSPS) is 19.3. The van der Waals surface area contributed by atoms with Crippen molar-refractivity contribution in [2.24, 2.45) is 0 Å². The molecule has 0 spiro atoms. The number of amides is 1. The van der Waals surface area contributed by atoms with Crippen molar-refractivity contribution in [3.63, 3.8) is 0 Å². The third-order valence-corrected chi connectivity index (χ3v) is 3.34. The van der Waals surface area contributed by atoms with E-state index in [9.17, 15) is 9.59 Å². The number of nitrogens with one attached hydrogen (secondary N) is 1. The number of rotatable bonds is 2. The Balaban J connectivity index is 2.28. The predicted octanol–water partition coefficient (Wildman–Crippen LogP) is 1.49. The molecule has 1 aliphatic rings. The molecule has 1 heterocycles. The van der Waals surface area contributed by atoms with E-state index in [0.29, 0.717) is 28.7 Å². The average molecular weight is 303 g/mol. The Hall–Kier alpha value is -1.30. The van der Waals surface area contributed by atoms with Crippen molar-refractivity contribution in [3.8, 4) is 0 Å². The van der Waals surface area contributed by atoms with Gasteiger partial charge in [-0.3, -0.25) is 4.79 Å². The van der Waals surface area contributed by atoms with Gasteiger partial charge in [-0.2, -0.15) is 0 Å². The number of nitrogens with zero attached hydrogens (tertiary/aromatic N) is 1. The Bertz CT molecular complexity index is 501. The van der Waals surface area contributed by atoms with Gasteiger partial charge < -0.3 is 15.3 Å². The van der Waals surface area contributed by atoms with E-state index in [0.717, 1.165) is 0 Å². The van der Waals surface area contributed by atoms with Crippen LogP contribution in [0, 0.1) is 0 Å². The zero-order valence-corrected chi connectivity index (χ0v) is 11.4. The van der Waals surface area contributed by atoms with Gasteiger partial charge in [0.05, 0.1) is 0 Å². The molecular formula is C12H12Cl2N2O3. The molecule has 1 atom stereocenters. The molecule has 1 unspecified atom stereocenters. The number of hydrogen-bond acceptors (Lipinski definition) is 3. The first-order chi connectivity index (χ1) is 8.99. The fourth-order valence-corrected chi connectivity index (χ4v) is 2.54. The highest BCUT2D eigenvalue weighted by atomic mass is 35.5. The van der Waals surface area contributed by atoms with E-state index in [1.165, 1.54) is 23.1 Å². The highest BCUT2D eigenvalue weighted by Gasteiger charge is 2.32. The van der Waals surface area contributed by atoms with E-state index in [1.807, 2.05) is 0 Å². The number of benzene rings is 1. The lowest BCUT2D eigenvalue weighted by atomic mass is 10.1. The minimum atomic E-state index is -1.03. The SMILES string of the molecule is O=C(O)C1CNCCN1C(=O)c1cc(Cl)cc(Cl)c1. The van der Waals surface area contributed by atoms with Crippen molar-refractivity contribution >= 4 is 35.1 Å². The zero-order valence-electron chi connectivity index (χ0n) is 9.90. The van der Waals surface area contributed by atoms with Gasteiger partial charge in [0.15, 0.2) is 0 Å². The molecule has 1 aromatic rings. The monoisotopic (exact) mass is 302 g/mol. The van der Waals surface area contributed by atoms with Gasteiger partial charge in [-0.1, -0.05) is 23.2 Å². The lowest BCUT2D eigenvalue weighted by Crippen LogP contribution is -2.56. The Labute approximate surface area is 120 Å². The summed E-state index contributed by atoms with van der Waals surface area (Å²) in [5.74, 6) is -1.41. The number of piperazine rings is 1. The average Bonchev–Trinajstić information content (AvgIpc) is 2.36. The van der Waals surface area contributed by atoms with Crippen LogP contribution in [-0.2, 0) is 4.79 Å². The molecule has 0 radical (unpaired) electrons. The molecule has 0 aliphatic carbocycles. The minimum absolute atomic E-state index is 0.232. The van der Waals surface area contributed by atoms with Crippen LogP contribution in [-0.4, -0.2) is 47.6 Å². The van der Waals surface area contributed by atoms with Crippen LogP contribution in [0.3, 0.4) is 0 Å². The zero-order chi connectivity index (χ0) is 14.0. The van der Waals surface area contributed by atoms with Crippen LogP contribution in [0.1, 0.15) is 10.4 Å². The maximum atomic E-state index is 12.3. The molecular weight excluding hydrogens is 291 g/mol. The van der Waals surface area contributed by atoms with Gasteiger partial charge in [0.25, 0.3) is 5.91 Å². The topological polar surface area (TPSA) is 69.6 Å². The molecule has 7 heteroatoms. The van der Waals surface area contributed by atoms with E-state index in [-0.39, 0.29) is 12.5 Å². The van der Waals surface area contributed by atoms with Gasteiger partial charge in [-0.25, -0.2) is 4.79 Å². The van der Waals surface area contributed by atoms with E-state index in [4.69, 9.17) is 28.3 Å². The second-order valence-electron chi connectivity index (χ2n) is 4.21. The number of carboxylic acids is 1. The molecule has 0 saturated carbocycles. The molecule has 2 rings (SSSR count). The Kier molecular flexibility index (Phi) is 4.29. The highest BCUT2D eigenvalue weighted by Crippen LogP contribution is 2.21. The second-order valence-corrected chi connectivity index (χ2v) is 5.09. The largest absolute Gasteiger partial charge is 0.480 e. The molecule has 102 valence electrons. The molecule has 0 bridgehead atoms. The van der Waals surface area contributed by atoms with Crippen LogP contribution in [0.2, 0.25) is 10.0 Å². The first-order valence-corrected chi connectivity index (χ1v) is 6.45. The van der Waals surface area contributed by atoms with Crippen LogP contribution in [0.5, 0.6) is 0 Å². The van der Waals surface area contributed by atoms with Crippen LogP contribution in [0.25, 0.3) is 0 Å². The number of aliphatic carboxylic acids is 1. The number of carbonyl (C=O) groups is 2. The number of carboxylic acid groups (broad SMARTS) is 1. The molecule has 1 fully saturated rings. The van der Waals surface area contributed by atoms with Gasteiger partial charge in [0.2, 0.25) is 0 Å². The summed E-state index contributed by atoms with van der Waals surface area (Å²) in [5, 5.41) is 12.8. The van der Waals surface area contributed by atoms with Gasteiger partial charge >= 0.3 is 5.97 Å². The molecule has 2 N–H and O–H groups in total. The lowest BCUT2D eigenvalue weighted by Gasteiger charge is -2.33. The van der Waals surface area contributed by atoms with Crippen LogP contribution in [0.4, 0.5) is 0 Å². The first-order valence-electron chi connectivity index (χ1n) is 5.69. The van der Waals surface area contributed by atoms with E-state index in [2.05, 4.69) is 5.32 Å². The van der Waals surface area contributed by atoms with Gasteiger partial charge in [-0.15, -0.1) is 0 Å². The highest BCUT2D eigenvalue weighted by molar-refractivity contribution is 6.35. The number of halogens is 2. The summed E-state index contributed by atoms with van der Waals surface area (Å²) in [7, 11) is 0. The van der Waals surface area contributed by atoms with E-state index in [1.54, 1.807) is 0 Å². The molecule has 1 aliphatic heterocycles. The summed E-state index contributed by atoms with van der Waals surface area (Å²) in [6.07, 6.45) is 0. The van der Waals surface area contributed by atoms with Crippen molar-refractivity contribution in [2.75, 3.05) is 19.6 Å². The third kappa shape index (κ3) is 3.18. The van der Waals surface area contributed by atoms with E-state index >= 15 is 0 Å². The minimum Gasteiger partial charge on any atom is -0.480 e. The summed E-state index contributed by atoms with van der Waals surface area (Å²) in [6.45, 7) is 1.12. The van der Waals surface area contributed by atoms with Crippen molar-refractivity contribution in [3.05, 3.63) is 33.8 Å². The Morgan fingerprint density at radius 2 is 1.89 bits per heavy atom. The van der Waals surface area contributed by atoms with Crippen molar-refractivity contribution in [2.45, 2.75) is 6.04 Å². The first kappa shape index (κ1) is 14.1. The molecule has 5 nitrogen and oxygen atoms in total. The van der Waals surface area contributed by atoms with Crippen molar-refractivity contribution in [1.82, 2.24) is 10.2 Å². The summed E-state index contributed by atoms with van der Waals surface area (Å²) in [6, 6.07) is 3.61. The summed E-state index contributed by atoms with van der Waals surface area (Å²) in [4.78, 5) is 24.8. The van der Waals surface area contributed by atoms with Crippen LogP contribution < -0.4 is 5.32 Å². The summed E-state index contributed by atoms with van der Waals surface area (Å²) in [5.41, 5.74) is 0.297. The Morgan fingerprint density at radius 3 is 2.47 bits per heavy atom. The predicted molar refractivity (Wildman–Crippen MR) is 71.8 cm³/mol. The summed E-state index contributed by atoms with van der Waals surface area (Å²) >= 11 is 11.7. The second kappa shape index (κ2) is 5.77. The maximum Gasteiger partial charge on any atom is 0.327 e. The maximum absolute atomic E-state index is 12.3. The Morgan fingerprint density at radius 1 is 1.26 bits per heavy atom. The fraction of sp³-hybridized carbons (Fsp3) is 0.333. The van der Waals surface area contributed by atoms with Crippen molar-refractivity contribution in [1.29, 1.82) is 0 Å². The quantitative estimate of drug-likeness (QED) is 0.868. The van der Waals surface area contributed by atoms with Gasteiger partial charge in [0, 0.05) is 35.2 Å². The standard InChI is InChI=1S/C12H12Cl2N2O3/c13-8-3-7(4-9(14)5-8)11(17)16-2-1-15-6-10(16)12(18)19/h3-5,10,15H,1-2,6H2,(H,18,19). The van der Waals surface area contributed by atoms with Gasteiger partial charge in [-0.05, 0) is 18.2 Å². The summed E-state index contributed by atoms with van der Waals surface area (Å²) < 4.78 is 0. The van der Waals surface area contributed by atoms with Crippen LogP contribution in [0.15, 0.2) is 18.2 Å². The molecule has 19 heavy (non-hydrogen) atoms.